The van der Waals surface area contributed by atoms with E-state index in [1.54, 1.807) is 20.4 Å². The fourth-order valence-electron chi connectivity index (χ4n) is 3.25. The van der Waals surface area contributed by atoms with Crippen LogP contribution in [0.5, 0.6) is 11.5 Å². The highest BCUT2D eigenvalue weighted by Gasteiger charge is 2.18. The summed E-state index contributed by atoms with van der Waals surface area (Å²) in [4.78, 5) is 15.9. The number of fused-ring (bicyclic) bond motifs is 1. The average Bonchev–Trinajstić information content (AvgIpc) is 2.77. The highest BCUT2D eigenvalue weighted by molar-refractivity contribution is 5.76. The third-order valence-electron chi connectivity index (χ3n) is 4.74. The van der Waals surface area contributed by atoms with Crippen molar-refractivity contribution in [2.45, 2.75) is 13.1 Å². The van der Waals surface area contributed by atoms with Crippen LogP contribution in [-0.4, -0.2) is 42.5 Å². The number of nitrogens with one attached hydrogen (secondary N) is 1. The number of pyridine rings is 2. The van der Waals surface area contributed by atoms with Crippen LogP contribution in [0.25, 0.3) is 11.3 Å². The van der Waals surface area contributed by atoms with Gasteiger partial charge in [0.05, 0.1) is 44.2 Å². The van der Waals surface area contributed by atoms with Gasteiger partial charge in [0.15, 0.2) is 11.5 Å². The monoisotopic (exact) mass is 389 g/mol. The van der Waals surface area contributed by atoms with E-state index in [1.165, 1.54) is 0 Å². The maximum absolute atomic E-state index is 5.45. The average molecular weight is 389 g/mol. The lowest BCUT2D eigenvalue weighted by molar-refractivity contribution is 0.355. The summed E-state index contributed by atoms with van der Waals surface area (Å²) in [6.45, 7) is 1.33. The van der Waals surface area contributed by atoms with Crippen molar-refractivity contribution in [2.75, 3.05) is 26.6 Å². The van der Waals surface area contributed by atoms with Gasteiger partial charge in [0.2, 0.25) is 0 Å². The zero-order valence-electron chi connectivity index (χ0n) is 16.7. The molecule has 29 heavy (non-hydrogen) atoms. The fourth-order valence-corrected chi connectivity index (χ4v) is 3.25. The van der Waals surface area contributed by atoms with E-state index in [0.717, 1.165) is 40.6 Å². The number of ether oxygens (including phenoxy) is 2. The predicted molar refractivity (Wildman–Crippen MR) is 114 cm³/mol. The Morgan fingerprint density at radius 1 is 1.07 bits per heavy atom. The van der Waals surface area contributed by atoms with Crippen molar-refractivity contribution in [3.05, 3.63) is 59.9 Å². The predicted octanol–water partition coefficient (Wildman–Crippen LogP) is 3.88. The normalized spacial score (nSPS) is 12.4. The van der Waals surface area contributed by atoms with Gasteiger partial charge in [-0.1, -0.05) is 6.07 Å². The summed E-state index contributed by atoms with van der Waals surface area (Å²) in [7, 11) is 5.25. The molecule has 3 heterocycles. The van der Waals surface area contributed by atoms with Gasteiger partial charge in [-0.2, -0.15) is 0 Å². The lowest BCUT2D eigenvalue weighted by Crippen LogP contribution is -2.20. The number of nitrogens with zero attached hydrogens (tertiary/aromatic N) is 4. The highest BCUT2D eigenvalue weighted by atomic mass is 16.5. The van der Waals surface area contributed by atoms with E-state index < -0.39 is 0 Å². The first-order valence-corrected chi connectivity index (χ1v) is 9.32. The molecule has 0 spiro atoms. The molecule has 1 aliphatic rings. The lowest BCUT2D eigenvalue weighted by Gasteiger charge is -2.23. The molecule has 0 atom stereocenters. The third kappa shape index (κ3) is 3.99. The first-order chi connectivity index (χ1) is 14.2. The molecule has 7 heteroatoms. The second-order valence-electron chi connectivity index (χ2n) is 6.76. The van der Waals surface area contributed by atoms with E-state index in [9.17, 15) is 0 Å². The Labute approximate surface area is 170 Å². The van der Waals surface area contributed by atoms with Gasteiger partial charge in [-0.3, -0.25) is 4.98 Å². The van der Waals surface area contributed by atoms with Gasteiger partial charge in [0.1, 0.15) is 5.82 Å². The summed E-state index contributed by atoms with van der Waals surface area (Å²) >= 11 is 0. The summed E-state index contributed by atoms with van der Waals surface area (Å²) < 4.78 is 10.8. The van der Waals surface area contributed by atoms with E-state index in [0.29, 0.717) is 18.0 Å². The maximum Gasteiger partial charge on any atom is 0.161 e. The van der Waals surface area contributed by atoms with Crippen molar-refractivity contribution in [3.8, 4) is 22.8 Å². The Balaban J connectivity index is 1.73. The Kier molecular flexibility index (Phi) is 5.29. The summed E-state index contributed by atoms with van der Waals surface area (Å²) in [5, 5.41) is 3.44. The van der Waals surface area contributed by atoms with E-state index in [4.69, 9.17) is 14.5 Å². The molecule has 1 aromatic carbocycles. The highest BCUT2D eigenvalue weighted by Crippen LogP contribution is 2.36. The number of hydrogen-bond acceptors (Lipinski definition) is 7. The molecule has 0 fully saturated rings. The fraction of sp³-hybridized carbons (Fsp3) is 0.227. The number of benzene rings is 1. The van der Waals surface area contributed by atoms with Crippen LogP contribution in [0.1, 0.15) is 11.3 Å². The SMILES string of the molecule is COc1ccc(-c2cc3c(c(NCc4ccccn4)n2)CN(C)C=N3)cc1OC. The summed E-state index contributed by atoms with van der Waals surface area (Å²) in [6.07, 6.45) is 3.63. The van der Waals surface area contributed by atoms with E-state index in [-0.39, 0.29) is 0 Å². The molecule has 1 aliphatic heterocycles. The number of methoxy groups -OCH3 is 2. The Morgan fingerprint density at radius 3 is 2.69 bits per heavy atom. The third-order valence-corrected chi connectivity index (χ3v) is 4.74. The quantitative estimate of drug-likeness (QED) is 0.690. The molecule has 7 nitrogen and oxygen atoms in total. The van der Waals surface area contributed by atoms with Gasteiger partial charge in [-0.15, -0.1) is 0 Å². The minimum absolute atomic E-state index is 0.586. The Bertz CT molecular complexity index is 1040. The van der Waals surface area contributed by atoms with E-state index >= 15 is 0 Å². The zero-order chi connectivity index (χ0) is 20.2. The first-order valence-electron chi connectivity index (χ1n) is 9.32. The number of anilines is 1. The molecule has 0 saturated heterocycles. The van der Waals surface area contributed by atoms with Crippen molar-refractivity contribution >= 4 is 17.8 Å². The van der Waals surface area contributed by atoms with Crippen LogP contribution in [0, 0.1) is 0 Å². The van der Waals surface area contributed by atoms with Crippen LogP contribution in [-0.2, 0) is 13.1 Å². The minimum atomic E-state index is 0.586. The van der Waals surface area contributed by atoms with Gasteiger partial charge >= 0.3 is 0 Å². The van der Waals surface area contributed by atoms with Crippen molar-refractivity contribution in [1.29, 1.82) is 0 Å². The van der Waals surface area contributed by atoms with Gasteiger partial charge in [0, 0.05) is 30.9 Å². The van der Waals surface area contributed by atoms with Crippen LogP contribution < -0.4 is 14.8 Å². The largest absolute Gasteiger partial charge is 0.493 e. The van der Waals surface area contributed by atoms with Crippen molar-refractivity contribution < 1.29 is 9.47 Å². The molecule has 148 valence electrons. The molecular formula is C22H23N5O2. The van der Waals surface area contributed by atoms with Crippen LogP contribution in [0.3, 0.4) is 0 Å². The Hall–Kier alpha value is -3.61. The topological polar surface area (TPSA) is 71.9 Å². The Morgan fingerprint density at radius 2 is 1.93 bits per heavy atom. The van der Waals surface area contributed by atoms with Crippen molar-refractivity contribution in [3.63, 3.8) is 0 Å². The molecule has 0 saturated carbocycles. The van der Waals surface area contributed by atoms with Crippen LogP contribution in [0.4, 0.5) is 11.5 Å². The van der Waals surface area contributed by atoms with E-state index in [2.05, 4.69) is 15.3 Å². The maximum atomic E-state index is 5.45. The molecule has 0 amide bonds. The molecule has 0 bridgehead atoms. The zero-order valence-corrected chi connectivity index (χ0v) is 16.7. The van der Waals surface area contributed by atoms with Crippen molar-refractivity contribution in [2.24, 2.45) is 4.99 Å². The second-order valence-corrected chi connectivity index (χ2v) is 6.76. The molecule has 0 radical (unpaired) electrons. The summed E-state index contributed by atoms with van der Waals surface area (Å²) in [6, 6.07) is 13.7. The molecule has 2 aromatic heterocycles. The second kappa shape index (κ2) is 8.18. The number of rotatable bonds is 6. The van der Waals surface area contributed by atoms with Crippen molar-refractivity contribution in [1.82, 2.24) is 14.9 Å². The molecule has 0 unspecified atom stereocenters. The molecular weight excluding hydrogens is 366 g/mol. The number of hydrogen-bond donors (Lipinski definition) is 1. The summed E-state index contributed by atoms with van der Waals surface area (Å²) in [5.74, 6) is 2.15. The minimum Gasteiger partial charge on any atom is -0.493 e. The standard InChI is InChI=1S/C22H23N5O2/c1-27-13-17-19(25-14-27)11-18(15-7-8-20(28-2)21(10-15)29-3)26-22(17)24-12-16-6-4-5-9-23-16/h4-11,14H,12-13H2,1-3H3,(H,24,26). The van der Waals surface area contributed by atoms with Gasteiger partial charge in [-0.25, -0.2) is 9.98 Å². The smallest absolute Gasteiger partial charge is 0.161 e. The van der Waals surface area contributed by atoms with E-state index in [1.807, 2.05) is 60.8 Å². The van der Waals surface area contributed by atoms with Crippen LogP contribution >= 0.6 is 0 Å². The molecule has 0 aliphatic carbocycles. The number of aromatic nitrogens is 2. The van der Waals surface area contributed by atoms with Gasteiger partial charge < -0.3 is 19.7 Å². The lowest BCUT2D eigenvalue weighted by atomic mass is 10.1. The molecule has 3 aromatic rings. The molecule has 1 N–H and O–H groups in total. The van der Waals surface area contributed by atoms with Gasteiger partial charge in [-0.05, 0) is 36.4 Å². The first kappa shape index (κ1) is 18.7. The van der Waals surface area contributed by atoms with Crippen LogP contribution in [0.2, 0.25) is 0 Å². The molecule has 4 rings (SSSR count). The summed E-state index contributed by atoms with van der Waals surface area (Å²) in [5.41, 5.74) is 4.67. The number of aliphatic imine (C=N–C) groups is 1. The van der Waals surface area contributed by atoms with Gasteiger partial charge in [0.25, 0.3) is 0 Å². The van der Waals surface area contributed by atoms with Crippen LogP contribution in [0.15, 0.2) is 53.7 Å².